The number of thiophene rings is 1. The number of hydrogen-bond acceptors (Lipinski definition) is 5. The molecule has 0 radical (unpaired) electrons. The van der Waals surface area contributed by atoms with E-state index in [9.17, 15) is 8.42 Å². The Morgan fingerprint density at radius 1 is 1.61 bits per heavy atom. The van der Waals surface area contributed by atoms with Gasteiger partial charge in [0, 0.05) is 19.6 Å². The Bertz CT molecular complexity index is 501. The number of nitrogens with one attached hydrogen (secondary N) is 1. The number of ether oxygens (including phenoxy) is 1. The molecule has 2 heterocycles. The van der Waals surface area contributed by atoms with Gasteiger partial charge in [0.15, 0.2) is 0 Å². The number of morpholine rings is 1. The van der Waals surface area contributed by atoms with Crippen LogP contribution in [0, 0.1) is 0 Å². The van der Waals surface area contributed by atoms with Crippen molar-refractivity contribution in [2.75, 3.05) is 33.3 Å². The molecule has 1 aromatic rings. The van der Waals surface area contributed by atoms with Crippen molar-refractivity contribution in [3.05, 3.63) is 15.9 Å². The number of sulfonamides is 1. The maximum Gasteiger partial charge on any atom is 0.252 e. The average molecular weight is 355 g/mol. The summed E-state index contributed by atoms with van der Waals surface area (Å²) in [6.07, 6.45) is -0.0815. The van der Waals surface area contributed by atoms with Crippen molar-refractivity contribution in [1.29, 1.82) is 0 Å². The Morgan fingerprint density at radius 2 is 2.39 bits per heavy atom. The molecule has 1 fully saturated rings. The van der Waals surface area contributed by atoms with Crippen LogP contribution < -0.4 is 5.32 Å². The van der Waals surface area contributed by atoms with Gasteiger partial charge in [0.2, 0.25) is 0 Å². The molecule has 8 heteroatoms. The van der Waals surface area contributed by atoms with E-state index >= 15 is 0 Å². The van der Waals surface area contributed by atoms with E-state index in [0.29, 0.717) is 30.5 Å². The third-order valence-electron chi connectivity index (χ3n) is 2.68. The lowest BCUT2D eigenvalue weighted by atomic mass is 10.3. The first-order valence-electron chi connectivity index (χ1n) is 5.55. The smallest absolute Gasteiger partial charge is 0.252 e. The average Bonchev–Trinajstić information content (AvgIpc) is 2.77. The molecule has 0 saturated carbocycles. The van der Waals surface area contributed by atoms with Crippen LogP contribution >= 0.6 is 27.3 Å². The van der Waals surface area contributed by atoms with Crippen molar-refractivity contribution < 1.29 is 13.2 Å². The number of halogens is 1. The van der Waals surface area contributed by atoms with Crippen LogP contribution in [0.3, 0.4) is 0 Å². The molecule has 1 N–H and O–H groups in total. The molecule has 1 aliphatic heterocycles. The van der Waals surface area contributed by atoms with Crippen molar-refractivity contribution in [1.82, 2.24) is 9.62 Å². The summed E-state index contributed by atoms with van der Waals surface area (Å²) in [5.74, 6) is 0. The second-order valence-corrected chi connectivity index (χ2v) is 8.60. The van der Waals surface area contributed by atoms with Gasteiger partial charge in [0.1, 0.15) is 4.21 Å². The zero-order chi connectivity index (χ0) is 13.2. The Labute approximate surface area is 119 Å². The lowest BCUT2D eigenvalue weighted by Crippen LogP contribution is -2.48. The molecule has 0 spiro atoms. The van der Waals surface area contributed by atoms with Gasteiger partial charge in [-0.05, 0) is 35.1 Å². The third kappa shape index (κ3) is 3.12. The van der Waals surface area contributed by atoms with E-state index in [1.165, 1.54) is 15.6 Å². The highest BCUT2D eigenvalue weighted by molar-refractivity contribution is 9.11. The predicted octanol–water partition coefficient (Wildman–Crippen LogP) is 1.12. The standard InChI is InChI=1S/C10H15BrN2O3S2/c1-12-6-8-7-13(4-5-16-8)18(14,15)10-3-2-9(11)17-10/h2-3,8,12H,4-7H2,1H3. The van der Waals surface area contributed by atoms with Crippen LogP contribution in [0.4, 0.5) is 0 Å². The van der Waals surface area contributed by atoms with E-state index in [1.54, 1.807) is 12.1 Å². The number of hydrogen-bond donors (Lipinski definition) is 1. The highest BCUT2D eigenvalue weighted by atomic mass is 79.9. The first-order valence-corrected chi connectivity index (χ1v) is 8.60. The number of nitrogens with zero attached hydrogens (tertiary/aromatic N) is 1. The van der Waals surface area contributed by atoms with Gasteiger partial charge >= 0.3 is 0 Å². The fourth-order valence-electron chi connectivity index (χ4n) is 1.83. The van der Waals surface area contributed by atoms with Crippen LogP contribution in [-0.4, -0.2) is 52.1 Å². The van der Waals surface area contributed by atoms with Crippen LogP contribution in [0.2, 0.25) is 0 Å². The lowest BCUT2D eigenvalue weighted by molar-refractivity contribution is 0.000880. The van der Waals surface area contributed by atoms with Gasteiger partial charge in [-0.3, -0.25) is 0 Å². The number of likely N-dealkylation sites (N-methyl/N-ethyl adjacent to an activating group) is 1. The topological polar surface area (TPSA) is 58.6 Å². The Morgan fingerprint density at radius 3 is 3.00 bits per heavy atom. The maximum atomic E-state index is 12.4. The molecule has 2 rings (SSSR count). The molecule has 1 aromatic heterocycles. The van der Waals surface area contributed by atoms with Crippen molar-refractivity contribution in [3.63, 3.8) is 0 Å². The van der Waals surface area contributed by atoms with E-state index in [1.807, 2.05) is 7.05 Å². The SMILES string of the molecule is CNCC1CN(S(=O)(=O)c2ccc(Br)s2)CCO1. The highest BCUT2D eigenvalue weighted by Crippen LogP contribution is 2.29. The second-order valence-electron chi connectivity index (χ2n) is 3.97. The minimum absolute atomic E-state index is 0.0815. The summed E-state index contributed by atoms with van der Waals surface area (Å²) in [7, 11) is -1.55. The van der Waals surface area contributed by atoms with Crippen LogP contribution in [0.1, 0.15) is 0 Å². The molecule has 1 aliphatic rings. The van der Waals surface area contributed by atoms with Gasteiger partial charge in [-0.1, -0.05) is 0 Å². The first-order chi connectivity index (χ1) is 8.54. The molecule has 0 amide bonds. The summed E-state index contributed by atoms with van der Waals surface area (Å²) in [6, 6.07) is 3.38. The molecule has 5 nitrogen and oxygen atoms in total. The first kappa shape index (κ1) is 14.4. The maximum absolute atomic E-state index is 12.4. The Balaban J connectivity index is 2.15. The van der Waals surface area contributed by atoms with Crippen molar-refractivity contribution in [3.8, 4) is 0 Å². The van der Waals surface area contributed by atoms with Crippen molar-refractivity contribution in [2.45, 2.75) is 10.3 Å². The molecular formula is C10H15BrN2O3S2. The zero-order valence-electron chi connectivity index (χ0n) is 9.93. The summed E-state index contributed by atoms with van der Waals surface area (Å²) in [6.45, 7) is 1.91. The largest absolute Gasteiger partial charge is 0.374 e. The van der Waals surface area contributed by atoms with E-state index in [4.69, 9.17) is 4.74 Å². The van der Waals surface area contributed by atoms with Gasteiger partial charge in [-0.25, -0.2) is 8.42 Å². The van der Waals surface area contributed by atoms with Gasteiger partial charge in [-0.2, -0.15) is 4.31 Å². The molecule has 18 heavy (non-hydrogen) atoms. The predicted molar refractivity (Wildman–Crippen MR) is 74.4 cm³/mol. The Hall–Kier alpha value is 0.01000. The summed E-state index contributed by atoms with van der Waals surface area (Å²) in [5.41, 5.74) is 0. The monoisotopic (exact) mass is 354 g/mol. The number of rotatable bonds is 4. The normalized spacial score (nSPS) is 22.2. The van der Waals surface area contributed by atoms with Crippen LogP contribution in [0.25, 0.3) is 0 Å². The van der Waals surface area contributed by atoms with E-state index in [2.05, 4.69) is 21.2 Å². The zero-order valence-corrected chi connectivity index (χ0v) is 13.1. The molecule has 0 aliphatic carbocycles. The highest BCUT2D eigenvalue weighted by Gasteiger charge is 2.31. The third-order valence-corrected chi connectivity index (χ3v) is 6.63. The minimum Gasteiger partial charge on any atom is -0.374 e. The second kappa shape index (κ2) is 5.98. The molecule has 1 saturated heterocycles. The fraction of sp³-hybridized carbons (Fsp3) is 0.600. The fourth-order valence-corrected chi connectivity index (χ4v) is 5.45. The van der Waals surface area contributed by atoms with Gasteiger partial charge in [-0.15, -0.1) is 11.3 Å². The minimum atomic E-state index is -3.38. The molecular weight excluding hydrogens is 340 g/mol. The molecule has 0 aromatic carbocycles. The molecule has 1 unspecified atom stereocenters. The van der Waals surface area contributed by atoms with Crippen molar-refractivity contribution >= 4 is 37.3 Å². The van der Waals surface area contributed by atoms with Gasteiger partial charge in [0.05, 0.1) is 16.5 Å². The summed E-state index contributed by atoms with van der Waals surface area (Å²) < 4.78 is 33.0. The molecule has 102 valence electrons. The molecule has 1 atom stereocenters. The van der Waals surface area contributed by atoms with Gasteiger partial charge in [0.25, 0.3) is 10.0 Å². The van der Waals surface area contributed by atoms with Crippen LogP contribution in [0.15, 0.2) is 20.1 Å². The van der Waals surface area contributed by atoms with Gasteiger partial charge < -0.3 is 10.1 Å². The summed E-state index contributed by atoms with van der Waals surface area (Å²) in [4.78, 5) is 0. The Kier molecular flexibility index (Phi) is 4.79. The lowest BCUT2D eigenvalue weighted by Gasteiger charge is -2.31. The molecule has 0 bridgehead atoms. The summed E-state index contributed by atoms with van der Waals surface area (Å²) >= 11 is 4.52. The van der Waals surface area contributed by atoms with Crippen LogP contribution in [-0.2, 0) is 14.8 Å². The van der Waals surface area contributed by atoms with Crippen molar-refractivity contribution in [2.24, 2.45) is 0 Å². The quantitative estimate of drug-likeness (QED) is 0.880. The van der Waals surface area contributed by atoms with Crippen LogP contribution in [0.5, 0.6) is 0 Å². The van der Waals surface area contributed by atoms with E-state index < -0.39 is 10.0 Å². The summed E-state index contributed by atoms with van der Waals surface area (Å²) in [5, 5.41) is 3.00. The van der Waals surface area contributed by atoms with E-state index in [-0.39, 0.29) is 6.10 Å². The van der Waals surface area contributed by atoms with E-state index in [0.717, 1.165) is 3.79 Å².